The molecule has 0 bridgehead atoms. The van der Waals surface area contributed by atoms with Crippen molar-refractivity contribution in [3.63, 3.8) is 0 Å². The fraction of sp³-hybridized carbons (Fsp3) is 0.125. The molecule has 0 saturated carbocycles. The van der Waals surface area contributed by atoms with Gasteiger partial charge in [0, 0.05) is 4.47 Å². The Hall–Kier alpha value is -1.11. The second-order valence-electron chi connectivity index (χ2n) is 2.82. The summed E-state index contributed by atoms with van der Waals surface area (Å²) in [7, 11) is 0. The lowest BCUT2D eigenvalue weighted by Gasteiger charge is -1.99. The standard InChI is InChI=1S/C8H3BrF4N2/c9-2-1-3(10)5(11)4-6(2)14-15-7(4)8(12)13/h1,8H,(H,14,15). The summed E-state index contributed by atoms with van der Waals surface area (Å²) < 4.78 is 51.1. The summed E-state index contributed by atoms with van der Waals surface area (Å²) in [5.74, 6) is -2.52. The van der Waals surface area contributed by atoms with Gasteiger partial charge in [0.15, 0.2) is 11.6 Å². The molecule has 0 aliphatic heterocycles. The van der Waals surface area contributed by atoms with Gasteiger partial charge in [-0.05, 0) is 22.0 Å². The molecular formula is C8H3BrF4N2. The maximum Gasteiger partial charge on any atom is 0.280 e. The van der Waals surface area contributed by atoms with Crippen molar-refractivity contribution >= 4 is 26.8 Å². The van der Waals surface area contributed by atoms with Crippen molar-refractivity contribution in [3.05, 3.63) is 27.9 Å². The molecule has 2 rings (SSSR count). The first kappa shape index (κ1) is 10.4. The van der Waals surface area contributed by atoms with Crippen LogP contribution in [0, 0.1) is 11.6 Å². The van der Waals surface area contributed by atoms with E-state index in [1.807, 2.05) is 5.10 Å². The highest BCUT2D eigenvalue weighted by Gasteiger charge is 2.22. The molecule has 0 spiro atoms. The number of hydrogen-bond acceptors (Lipinski definition) is 1. The summed E-state index contributed by atoms with van der Waals surface area (Å²) in [5.41, 5.74) is -0.771. The van der Waals surface area contributed by atoms with Crippen LogP contribution in [-0.2, 0) is 0 Å². The topological polar surface area (TPSA) is 28.7 Å². The largest absolute Gasteiger partial charge is 0.280 e. The lowest BCUT2D eigenvalue weighted by atomic mass is 10.2. The van der Waals surface area contributed by atoms with E-state index in [1.165, 1.54) is 0 Å². The fourth-order valence-corrected chi connectivity index (χ4v) is 1.76. The van der Waals surface area contributed by atoms with Gasteiger partial charge in [-0.3, -0.25) is 5.10 Å². The zero-order valence-electron chi connectivity index (χ0n) is 6.99. The molecule has 0 unspecified atom stereocenters. The van der Waals surface area contributed by atoms with Crippen molar-refractivity contribution in [1.82, 2.24) is 10.2 Å². The van der Waals surface area contributed by atoms with Crippen LogP contribution in [0.4, 0.5) is 17.6 Å². The minimum Gasteiger partial charge on any atom is -0.275 e. The molecule has 0 aliphatic rings. The maximum absolute atomic E-state index is 13.2. The summed E-state index contributed by atoms with van der Waals surface area (Å²) in [6.07, 6.45) is -2.93. The van der Waals surface area contributed by atoms with Crippen LogP contribution in [-0.4, -0.2) is 10.2 Å². The van der Waals surface area contributed by atoms with E-state index >= 15 is 0 Å². The first-order valence-electron chi connectivity index (χ1n) is 3.82. The van der Waals surface area contributed by atoms with Gasteiger partial charge in [-0.2, -0.15) is 5.10 Å². The Bertz CT molecular complexity index is 523. The van der Waals surface area contributed by atoms with Crippen LogP contribution < -0.4 is 0 Å². The van der Waals surface area contributed by atoms with Crippen molar-refractivity contribution in [2.75, 3.05) is 0 Å². The van der Waals surface area contributed by atoms with Gasteiger partial charge < -0.3 is 0 Å². The van der Waals surface area contributed by atoms with Crippen molar-refractivity contribution in [2.45, 2.75) is 6.43 Å². The van der Waals surface area contributed by atoms with E-state index in [9.17, 15) is 17.6 Å². The minimum absolute atomic E-state index is 0.0517. The van der Waals surface area contributed by atoms with Crippen molar-refractivity contribution < 1.29 is 17.6 Å². The Morgan fingerprint density at radius 1 is 1.33 bits per heavy atom. The molecule has 0 saturated heterocycles. The lowest BCUT2D eigenvalue weighted by Crippen LogP contribution is -1.90. The highest BCUT2D eigenvalue weighted by atomic mass is 79.9. The van der Waals surface area contributed by atoms with Crippen molar-refractivity contribution in [2.24, 2.45) is 0 Å². The highest BCUT2D eigenvalue weighted by molar-refractivity contribution is 9.10. The van der Waals surface area contributed by atoms with Crippen LogP contribution in [0.1, 0.15) is 12.1 Å². The molecule has 1 aromatic carbocycles. The van der Waals surface area contributed by atoms with Gasteiger partial charge in [0.05, 0.1) is 5.39 Å². The van der Waals surface area contributed by atoms with Crippen LogP contribution in [0.2, 0.25) is 0 Å². The molecule has 0 amide bonds. The first-order chi connectivity index (χ1) is 7.02. The van der Waals surface area contributed by atoms with Gasteiger partial charge in [0.25, 0.3) is 6.43 Å². The van der Waals surface area contributed by atoms with Gasteiger partial charge in [-0.15, -0.1) is 0 Å². The second kappa shape index (κ2) is 3.48. The molecule has 1 heterocycles. The number of alkyl halides is 2. The Balaban J connectivity index is 2.89. The third-order valence-corrected chi connectivity index (χ3v) is 2.53. The summed E-state index contributed by atoms with van der Waals surface area (Å²) in [6.45, 7) is 0. The molecule has 0 fully saturated rings. The number of nitrogens with zero attached hydrogens (tertiary/aromatic N) is 1. The molecule has 1 N–H and O–H groups in total. The number of benzene rings is 1. The van der Waals surface area contributed by atoms with E-state index in [0.29, 0.717) is 0 Å². The second-order valence-corrected chi connectivity index (χ2v) is 3.67. The molecule has 2 nitrogen and oxygen atoms in total. The molecule has 2 aromatic rings. The highest BCUT2D eigenvalue weighted by Crippen LogP contribution is 2.32. The zero-order valence-corrected chi connectivity index (χ0v) is 8.58. The first-order valence-corrected chi connectivity index (χ1v) is 4.61. The van der Waals surface area contributed by atoms with E-state index in [0.717, 1.165) is 6.07 Å². The predicted molar refractivity (Wildman–Crippen MR) is 48.7 cm³/mol. The van der Waals surface area contributed by atoms with E-state index in [-0.39, 0.29) is 9.99 Å². The summed E-state index contributed by atoms with van der Waals surface area (Å²) in [6, 6.07) is 0.841. The zero-order chi connectivity index (χ0) is 11.2. The van der Waals surface area contributed by atoms with E-state index in [1.54, 1.807) is 0 Å². The van der Waals surface area contributed by atoms with Crippen LogP contribution in [0.15, 0.2) is 10.5 Å². The average Bonchev–Trinajstić information content (AvgIpc) is 2.58. The predicted octanol–water partition coefficient (Wildman–Crippen LogP) is 3.54. The molecule has 15 heavy (non-hydrogen) atoms. The number of rotatable bonds is 1. The number of hydrogen-bond donors (Lipinski definition) is 1. The summed E-state index contributed by atoms with van der Waals surface area (Å²) in [5, 5.41) is 4.95. The lowest BCUT2D eigenvalue weighted by molar-refractivity contribution is 0.147. The van der Waals surface area contributed by atoms with E-state index < -0.39 is 29.1 Å². The SMILES string of the molecule is Fc1cc(Br)c2n[nH]c(C(F)F)c2c1F. The van der Waals surface area contributed by atoms with Crippen LogP contribution in [0.5, 0.6) is 0 Å². The molecule has 0 atom stereocenters. The number of nitrogens with one attached hydrogen (secondary N) is 1. The molecule has 0 radical (unpaired) electrons. The van der Waals surface area contributed by atoms with Crippen LogP contribution in [0.25, 0.3) is 10.9 Å². The maximum atomic E-state index is 13.2. The van der Waals surface area contributed by atoms with E-state index in [2.05, 4.69) is 21.0 Å². The summed E-state index contributed by atoms with van der Waals surface area (Å²) in [4.78, 5) is 0. The average molecular weight is 283 g/mol. The quantitative estimate of drug-likeness (QED) is 0.629. The van der Waals surface area contributed by atoms with Crippen molar-refractivity contribution in [1.29, 1.82) is 0 Å². The van der Waals surface area contributed by atoms with Gasteiger partial charge in [-0.25, -0.2) is 17.6 Å². The van der Waals surface area contributed by atoms with Gasteiger partial charge in [0.2, 0.25) is 0 Å². The van der Waals surface area contributed by atoms with Gasteiger partial charge >= 0.3 is 0 Å². The van der Waals surface area contributed by atoms with Crippen LogP contribution >= 0.6 is 15.9 Å². The molecule has 7 heteroatoms. The number of H-pyrrole nitrogens is 1. The minimum atomic E-state index is -2.93. The van der Waals surface area contributed by atoms with E-state index in [4.69, 9.17) is 0 Å². The Labute approximate surface area is 89.4 Å². The number of aromatic amines is 1. The number of aromatic nitrogens is 2. The smallest absolute Gasteiger partial charge is 0.275 e. The Kier molecular flexibility index (Phi) is 2.41. The van der Waals surface area contributed by atoms with Crippen molar-refractivity contribution in [3.8, 4) is 0 Å². The molecule has 1 aromatic heterocycles. The molecule has 0 aliphatic carbocycles. The molecular weight excluding hydrogens is 280 g/mol. The van der Waals surface area contributed by atoms with Crippen LogP contribution in [0.3, 0.4) is 0 Å². The third-order valence-electron chi connectivity index (χ3n) is 1.92. The monoisotopic (exact) mass is 282 g/mol. The molecule has 80 valence electrons. The fourth-order valence-electron chi connectivity index (χ4n) is 1.27. The summed E-state index contributed by atoms with van der Waals surface area (Å²) >= 11 is 2.91. The Morgan fingerprint density at radius 2 is 2.00 bits per heavy atom. The Morgan fingerprint density at radius 3 is 2.60 bits per heavy atom. The number of fused-ring (bicyclic) bond motifs is 1. The third kappa shape index (κ3) is 1.50. The van der Waals surface area contributed by atoms with Gasteiger partial charge in [-0.1, -0.05) is 0 Å². The van der Waals surface area contributed by atoms with Gasteiger partial charge in [0.1, 0.15) is 11.2 Å². The number of halogens is 5. The normalized spacial score (nSPS) is 11.6.